The highest BCUT2D eigenvalue weighted by atomic mass is 32.2. The molecule has 0 radical (unpaired) electrons. The smallest absolute Gasteiger partial charge is 0.366 e. The Morgan fingerprint density at radius 1 is 0.927 bits per heavy atom. The SMILES string of the molecule is CC(C)c1nnc(SCc2ccc(C(=O)N3CCN(c4ccccc4F)CC3)cc2)n1-c1cccc(C(F)(F)F)c1. The van der Waals surface area contributed by atoms with Crippen LogP contribution >= 0.6 is 11.8 Å². The van der Waals surface area contributed by atoms with Gasteiger partial charge < -0.3 is 9.80 Å². The van der Waals surface area contributed by atoms with E-state index in [4.69, 9.17) is 0 Å². The van der Waals surface area contributed by atoms with Crippen LogP contribution in [0.1, 0.15) is 47.1 Å². The number of rotatable bonds is 7. The first-order valence-electron chi connectivity index (χ1n) is 13.3. The Balaban J connectivity index is 1.24. The van der Waals surface area contributed by atoms with Gasteiger partial charge in [0.05, 0.1) is 16.9 Å². The molecule has 0 saturated carbocycles. The van der Waals surface area contributed by atoms with E-state index < -0.39 is 11.7 Å². The molecule has 1 amide bonds. The molecule has 3 aromatic carbocycles. The summed E-state index contributed by atoms with van der Waals surface area (Å²) in [5.41, 5.74) is 1.66. The van der Waals surface area contributed by atoms with Crippen molar-refractivity contribution in [2.24, 2.45) is 0 Å². The summed E-state index contributed by atoms with van der Waals surface area (Å²) in [4.78, 5) is 16.8. The number of carbonyl (C=O) groups excluding carboxylic acids is 1. The molecule has 1 saturated heterocycles. The molecule has 2 heterocycles. The Morgan fingerprint density at radius 3 is 2.29 bits per heavy atom. The lowest BCUT2D eigenvalue weighted by atomic mass is 10.1. The van der Waals surface area contributed by atoms with Crippen LogP contribution in [0.4, 0.5) is 23.2 Å². The monoisotopic (exact) mass is 583 g/mol. The van der Waals surface area contributed by atoms with Crippen LogP contribution in [0, 0.1) is 5.82 Å². The minimum Gasteiger partial charge on any atom is -0.366 e. The Hall–Kier alpha value is -3.86. The van der Waals surface area contributed by atoms with Crippen LogP contribution in [-0.2, 0) is 11.9 Å². The molecule has 0 spiro atoms. The predicted octanol–water partition coefficient (Wildman–Crippen LogP) is 6.80. The fourth-order valence-corrected chi connectivity index (χ4v) is 5.66. The van der Waals surface area contributed by atoms with Crippen molar-refractivity contribution in [2.75, 3.05) is 31.1 Å². The summed E-state index contributed by atoms with van der Waals surface area (Å²) in [6, 6.07) is 19.1. The zero-order chi connectivity index (χ0) is 29.1. The van der Waals surface area contributed by atoms with Gasteiger partial charge in [-0.2, -0.15) is 13.2 Å². The summed E-state index contributed by atoms with van der Waals surface area (Å²) in [6.07, 6.45) is -4.46. The minimum absolute atomic E-state index is 0.0507. The number of aromatic nitrogens is 3. The average molecular weight is 584 g/mol. The predicted molar refractivity (Wildman–Crippen MR) is 151 cm³/mol. The van der Waals surface area contributed by atoms with Crippen LogP contribution in [0.3, 0.4) is 0 Å². The lowest BCUT2D eigenvalue weighted by Gasteiger charge is -2.36. The van der Waals surface area contributed by atoms with Crippen LogP contribution in [0.25, 0.3) is 5.69 Å². The maximum atomic E-state index is 14.1. The maximum absolute atomic E-state index is 14.1. The molecule has 1 fully saturated rings. The first kappa shape index (κ1) is 28.7. The largest absolute Gasteiger partial charge is 0.416 e. The molecule has 214 valence electrons. The van der Waals surface area contributed by atoms with Crippen molar-refractivity contribution in [2.45, 2.75) is 36.9 Å². The summed E-state index contributed by atoms with van der Waals surface area (Å²) in [6.45, 7) is 5.91. The Morgan fingerprint density at radius 2 is 1.63 bits per heavy atom. The molecule has 0 bridgehead atoms. The number of amides is 1. The number of carbonyl (C=O) groups is 1. The number of alkyl halides is 3. The van der Waals surface area contributed by atoms with Gasteiger partial charge in [-0.1, -0.05) is 55.9 Å². The molecule has 0 unspecified atom stereocenters. The molecule has 1 aliphatic rings. The van der Waals surface area contributed by atoms with E-state index in [1.165, 1.54) is 23.9 Å². The van der Waals surface area contributed by atoms with Gasteiger partial charge in [-0.15, -0.1) is 10.2 Å². The van der Waals surface area contributed by atoms with Crippen molar-refractivity contribution in [3.8, 4) is 5.69 Å². The summed E-state index contributed by atoms with van der Waals surface area (Å²) >= 11 is 1.36. The van der Waals surface area contributed by atoms with Crippen LogP contribution < -0.4 is 4.90 Å². The standard InChI is InChI=1S/C30H29F4N5OS/c1-20(2)27-35-36-29(39(27)24-7-5-6-23(18-24)30(32,33)34)41-19-21-10-12-22(13-11-21)28(40)38-16-14-37(15-17-38)26-9-4-3-8-25(26)31/h3-13,18,20H,14-17,19H2,1-2H3. The van der Waals surface area contributed by atoms with Gasteiger partial charge in [0.2, 0.25) is 0 Å². The molecule has 1 aliphatic heterocycles. The number of thioether (sulfide) groups is 1. The second-order valence-electron chi connectivity index (χ2n) is 10.1. The second-order valence-corrected chi connectivity index (χ2v) is 11.0. The number of piperazine rings is 1. The third kappa shape index (κ3) is 6.40. The van der Waals surface area contributed by atoms with Gasteiger partial charge in [-0.3, -0.25) is 9.36 Å². The van der Waals surface area contributed by atoms with Gasteiger partial charge in [0.1, 0.15) is 11.6 Å². The number of para-hydroxylation sites is 1. The maximum Gasteiger partial charge on any atom is 0.416 e. The van der Waals surface area contributed by atoms with Gasteiger partial charge in [-0.25, -0.2) is 4.39 Å². The normalized spacial score (nSPS) is 14.1. The molecule has 0 N–H and O–H groups in total. The zero-order valence-corrected chi connectivity index (χ0v) is 23.4. The highest BCUT2D eigenvalue weighted by Crippen LogP contribution is 2.33. The van der Waals surface area contributed by atoms with Crippen molar-refractivity contribution in [1.82, 2.24) is 19.7 Å². The van der Waals surface area contributed by atoms with Crippen LogP contribution in [-0.4, -0.2) is 51.8 Å². The van der Waals surface area contributed by atoms with E-state index in [2.05, 4.69) is 10.2 Å². The third-order valence-corrected chi connectivity index (χ3v) is 7.94. The highest BCUT2D eigenvalue weighted by molar-refractivity contribution is 7.98. The molecule has 0 atom stereocenters. The van der Waals surface area contributed by atoms with Crippen molar-refractivity contribution in [3.63, 3.8) is 0 Å². The molecule has 4 aromatic rings. The van der Waals surface area contributed by atoms with Crippen molar-refractivity contribution in [3.05, 3.63) is 101 Å². The number of anilines is 1. The van der Waals surface area contributed by atoms with Gasteiger partial charge in [0.15, 0.2) is 5.16 Å². The number of nitrogens with zero attached hydrogens (tertiary/aromatic N) is 5. The first-order valence-corrected chi connectivity index (χ1v) is 14.2. The van der Waals surface area contributed by atoms with Crippen LogP contribution in [0.2, 0.25) is 0 Å². The number of benzene rings is 3. The van der Waals surface area contributed by atoms with E-state index in [0.717, 1.165) is 17.7 Å². The van der Waals surface area contributed by atoms with Gasteiger partial charge in [0, 0.05) is 43.4 Å². The lowest BCUT2D eigenvalue weighted by Crippen LogP contribution is -2.49. The summed E-state index contributed by atoms with van der Waals surface area (Å²) in [7, 11) is 0. The zero-order valence-electron chi connectivity index (χ0n) is 22.6. The molecule has 6 nitrogen and oxygen atoms in total. The first-order chi connectivity index (χ1) is 19.6. The summed E-state index contributed by atoms with van der Waals surface area (Å²) in [5, 5.41) is 9.01. The van der Waals surface area contributed by atoms with E-state index in [0.29, 0.717) is 59.9 Å². The highest BCUT2D eigenvalue weighted by Gasteiger charge is 2.31. The average Bonchev–Trinajstić information content (AvgIpc) is 3.40. The lowest BCUT2D eigenvalue weighted by molar-refractivity contribution is -0.137. The molecule has 0 aliphatic carbocycles. The summed E-state index contributed by atoms with van der Waals surface area (Å²) < 4.78 is 55.9. The summed E-state index contributed by atoms with van der Waals surface area (Å²) in [5.74, 6) is 0.663. The van der Waals surface area contributed by atoms with E-state index in [-0.39, 0.29) is 17.6 Å². The molecule has 11 heteroatoms. The van der Waals surface area contributed by atoms with Crippen molar-refractivity contribution in [1.29, 1.82) is 0 Å². The molecule has 5 rings (SSSR count). The topological polar surface area (TPSA) is 54.3 Å². The van der Waals surface area contributed by atoms with E-state index in [1.54, 1.807) is 45.9 Å². The van der Waals surface area contributed by atoms with Gasteiger partial charge >= 0.3 is 6.18 Å². The Bertz CT molecular complexity index is 1510. The molecule has 41 heavy (non-hydrogen) atoms. The van der Waals surface area contributed by atoms with E-state index >= 15 is 0 Å². The number of halogens is 4. The van der Waals surface area contributed by atoms with E-state index in [1.807, 2.05) is 30.9 Å². The molecular weight excluding hydrogens is 554 g/mol. The van der Waals surface area contributed by atoms with Crippen LogP contribution in [0.5, 0.6) is 0 Å². The number of hydrogen-bond acceptors (Lipinski definition) is 5. The minimum atomic E-state index is -4.46. The van der Waals surface area contributed by atoms with Gasteiger partial charge in [0.25, 0.3) is 5.91 Å². The quantitative estimate of drug-likeness (QED) is 0.177. The third-order valence-electron chi connectivity index (χ3n) is 6.94. The molecular formula is C30H29F4N5OS. The van der Waals surface area contributed by atoms with Crippen molar-refractivity contribution < 1.29 is 22.4 Å². The molecule has 1 aromatic heterocycles. The van der Waals surface area contributed by atoms with E-state index in [9.17, 15) is 22.4 Å². The Labute approximate surface area is 240 Å². The number of hydrogen-bond donors (Lipinski definition) is 0. The van der Waals surface area contributed by atoms with Gasteiger partial charge in [-0.05, 0) is 48.0 Å². The second kappa shape index (κ2) is 11.9. The van der Waals surface area contributed by atoms with Crippen molar-refractivity contribution >= 4 is 23.4 Å². The Kier molecular flexibility index (Phi) is 8.35. The fraction of sp³-hybridized carbons (Fsp3) is 0.300. The van der Waals surface area contributed by atoms with Crippen LogP contribution in [0.15, 0.2) is 78.0 Å². The fourth-order valence-electron chi connectivity index (χ4n) is 4.75.